The van der Waals surface area contributed by atoms with Crippen molar-refractivity contribution in [3.8, 4) is 22.5 Å². The molecule has 7 heteroatoms. The minimum Gasteiger partial charge on any atom is -0.352 e. The Morgan fingerprint density at radius 3 is 2.65 bits per heavy atom. The maximum absolute atomic E-state index is 14.4. The Morgan fingerprint density at radius 2 is 1.77 bits per heavy atom. The number of hydrogen-bond acceptors (Lipinski definition) is 4. The second-order valence-corrected chi connectivity index (χ2v) is 8.06. The number of H-pyrrole nitrogens is 2. The van der Waals surface area contributed by atoms with Gasteiger partial charge in [-0.1, -0.05) is 18.2 Å². The number of nitrogens with zero attached hydrogens (tertiary/aromatic N) is 3. The van der Waals surface area contributed by atoms with E-state index in [-0.39, 0.29) is 5.82 Å². The molecule has 0 atom stereocenters. The van der Waals surface area contributed by atoms with E-state index in [9.17, 15) is 4.39 Å². The van der Waals surface area contributed by atoms with Crippen molar-refractivity contribution in [2.75, 3.05) is 13.1 Å². The van der Waals surface area contributed by atoms with Gasteiger partial charge in [-0.15, -0.1) is 0 Å². The molecule has 0 bridgehead atoms. The van der Waals surface area contributed by atoms with Crippen LogP contribution in [0.2, 0.25) is 0 Å². The van der Waals surface area contributed by atoms with E-state index in [0.29, 0.717) is 11.5 Å². The number of rotatable bonds is 3. The first-order chi connectivity index (χ1) is 15.3. The number of halogens is 1. The Kier molecular flexibility index (Phi) is 4.28. The maximum Gasteiger partial charge on any atom is 0.131 e. The molecule has 1 saturated heterocycles. The van der Waals surface area contributed by atoms with Gasteiger partial charge in [0.1, 0.15) is 11.5 Å². The van der Waals surface area contributed by atoms with Crippen LogP contribution in [0.1, 0.15) is 24.5 Å². The minimum atomic E-state index is -0.262. The van der Waals surface area contributed by atoms with E-state index >= 15 is 0 Å². The zero-order chi connectivity index (χ0) is 20.8. The number of aromatic nitrogens is 5. The number of nitrogens with one attached hydrogen (secondary N) is 3. The number of hydrogen-bond donors (Lipinski definition) is 3. The highest BCUT2D eigenvalue weighted by molar-refractivity contribution is 6.00. The van der Waals surface area contributed by atoms with Crippen LogP contribution in [0, 0.1) is 5.82 Å². The molecule has 0 radical (unpaired) electrons. The van der Waals surface area contributed by atoms with Crippen LogP contribution in [0.15, 0.2) is 55.0 Å². The maximum atomic E-state index is 14.4. The molecule has 5 heterocycles. The van der Waals surface area contributed by atoms with Crippen molar-refractivity contribution in [2.45, 2.75) is 18.8 Å². The third-order valence-electron chi connectivity index (χ3n) is 6.19. The van der Waals surface area contributed by atoms with Gasteiger partial charge < -0.3 is 10.3 Å². The SMILES string of the molecule is Fc1ccccc1-c1cncc2[nH]c(-c3n[nH]c4cnc(C5CCNCC5)cc34)cc12. The average Bonchev–Trinajstić information content (AvgIpc) is 3.43. The molecular formula is C24H21FN6. The molecule has 1 fully saturated rings. The lowest BCUT2D eigenvalue weighted by molar-refractivity contribution is 0.453. The molecule has 1 aliphatic rings. The van der Waals surface area contributed by atoms with Crippen molar-refractivity contribution in [2.24, 2.45) is 0 Å². The molecule has 1 aliphatic heterocycles. The first kappa shape index (κ1) is 18.2. The monoisotopic (exact) mass is 412 g/mol. The summed E-state index contributed by atoms with van der Waals surface area (Å²) in [6.45, 7) is 2.05. The van der Waals surface area contributed by atoms with Crippen molar-refractivity contribution >= 4 is 21.8 Å². The van der Waals surface area contributed by atoms with Crippen LogP contribution in [0.5, 0.6) is 0 Å². The second kappa shape index (κ2) is 7.28. The van der Waals surface area contributed by atoms with Crippen molar-refractivity contribution in [3.63, 3.8) is 0 Å². The molecule has 3 N–H and O–H groups in total. The zero-order valence-corrected chi connectivity index (χ0v) is 16.8. The van der Waals surface area contributed by atoms with Crippen LogP contribution in [0.4, 0.5) is 4.39 Å². The van der Waals surface area contributed by atoms with Crippen LogP contribution >= 0.6 is 0 Å². The molecule has 154 valence electrons. The molecule has 0 unspecified atom stereocenters. The summed E-state index contributed by atoms with van der Waals surface area (Å²) in [4.78, 5) is 12.4. The zero-order valence-electron chi connectivity index (χ0n) is 16.8. The topological polar surface area (TPSA) is 82.3 Å². The normalized spacial score (nSPS) is 15.1. The molecule has 0 amide bonds. The fourth-order valence-electron chi connectivity index (χ4n) is 4.55. The van der Waals surface area contributed by atoms with Crippen LogP contribution < -0.4 is 5.32 Å². The van der Waals surface area contributed by atoms with E-state index < -0.39 is 0 Å². The fraction of sp³-hybridized carbons (Fsp3) is 0.208. The van der Waals surface area contributed by atoms with Crippen molar-refractivity contribution < 1.29 is 4.39 Å². The lowest BCUT2D eigenvalue weighted by Crippen LogP contribution is -2.27. The Balaban J connectivity index is 1.48. The Hall–Kier alpha value is -3.58. The van der Waals surface area contributed by atoms with Gasteiger partial charge in [0.2, 0.25) is 0 Å². The molecule has 4 aromatic heterocycles. The van der Waals surface area contributed by atoms with Crippen LogP contribution in [-0.4, -0.2) is 38.2 Å². The summed E-state index contributed by atoms with van der Waals surface area (Å²) in [7, 11) is 0. The molecule has 0 spiro atoms. The van der Waals surface area contributed by atoms with Crippen LogP contribution in [-0.2, 0) is 0 Å². The highest BCUT2D eigenvalue weighted by Gasteiger charge is 2.20. The molecule has 1 aromatic carbocycles. The van der Waals surface area contributed by atoms with Gasteiger partial charge in [-0.3, -0.25) is 15.1 Å². The van der Waals surface area contributed by atoms with E-state index in [2.05, 4.69) is 36.5 Å². The summed E-state index contributed by atoms with van der Waals surface area (Å²) in [6.07, 6.45) is 7.53. The first-order valence-electron chi connectivity index (χ1n) is 10.5. The predicted molar refractivity (Wildman–Crippen MR) is 119 cm³/mol. The van der Waals surface area contributed by atoms with E-state index in [1.807, 2.05) is 18.3 Å². The van der Waals surface area contributed by atoms with Crippen molar-refractivity contribution in [1.29, 1.82) is 0 Å². The lowest BCUT2D eigenvalue weighted by Gasteiger charge is -2.22. The Labute approximate surface area is 177 Å². The van der Waals surface area contributed by atoms with Crippen molar-refractivity contribution in [3.05, 3.63) is 66.5 Å². The number of piperidine rings is 1. The molecule has 31 heavy (non-hydrogen) atoms. The summed E-state index contributed by atoms with van der Waals surface area (Å²) >= 11 is 0. The van der Waals surface area contributed by atoms with Crippen LogP contribution in [0.3, 0.4) is 0 Å². The van der Waals surface area contributed by atoms with E-state index in [1.54, 1.807) is 24.5 Å². The van der Waals surface area contributed by atoms with Gasteiger partial charge in [0.15, 0.2) is 0 Å². The average molecular weight is 412 g/mol. The second-order valence-electron chi connectivity index (χ2n) is 8.06. The van der Waals surface area contributed by atoms with Gasteiger partial charge in [0.25, 0.3) is 0 Å². The minimum absolute atomic E-state index is 0.262. The smallest absolute Gasteiger partial charge is 0.131 e. The molecule has 6 nitrogen and oxygen atoms in total. The largest absolute Gasteiger partial charge is 0.352 e. The third kappa shape index (κ3) is 3.09. The lowest BCUT2D eigenvalue weighted by atomic mass is 9.93. The van der Waals surface area contributed by atoms with Gasteiger partial charge in [0.05, 0.1) is 29.1 Å². The highest BCUT2D eigenvalue weighted by atomic mass is 19.1. The molecule has 6 rings (SSSR count). The van der Waals surface area contributed by atoms with Gasteiger partial charge in [-0.05, 0) is 44.1 Å². The van der Waals surface area contributed by atoms with E-state index in [1.165, 1.54) is 6.07 Å². The highest BCUT2D eigenvalue weighted by Crippen LogP contribution is 2.35. The fourth-order valence-corrected chi connectivity index (χ4v) is 4.55. The summed E-state index contributed by atoms with van der Waals surface area (Å²) in [5.74, 6) is 0.204. The van der Waals surface area contributed by atoms with Gasteiger partial charge in [-0.2, -0.15) is 5.10 Å². The van der Waals surface area contributed by atoms with Gasteiger partial charge in [0, 0.05) is 39.7 Å². The molecule has 0 aliphatic carbocycles. The quantitative estimate of drug-likeness (QED) is 0.399. The Morgan fingerprint density at radius 1 is 0.903 bits per heavy atom. The standard InChI is InChI=1S/C24H21FN6/c25-19-4-2-1-3-15(19)18-11-27-12-22-16(18)9-21(29-22)24-17-10-20(14-5-7-26-8-6-14)28-13-23(17)30-31-24/h1-4,9-14,26,29H,5-8H2,(H,30,31). The summed E-state index contributed by atoms with van der Waals surface area (Å²) in [6, 6.07) is 11.0. The summed E-state index contributed by atoms with van der Waals surface area (Å²) in [5, 5.41) is 13.0. The Bertz CT molecular complexity index is 1400. The molecule has 0 saturated carbocycles. The van der Waals surface area contributed by atoms with E-state index in [0.717, 1.165) is 70.4 Å². The third-order valence-corrected chi connectivity index (χ3v) is 6.19. The number of fused-ring (bicyclic) bond motifs is 2. The van der Waals surface area contributed by atoms with E-state index in [4.69, 9.17) is 0 Å². The summed E-state index contributed by atoms with van der Waals surface area (Å²) in [5.41, 5.74) is 5.86. The van der Waals surface area contributed by atoms with Gasteiger partial charge >= 0.3 is 0 Å². The van der Waals surface area contributed by atoms with Gasteiger partial charge in [-0.25, -0.2) is 4.39 Å². The number of aromatic amines is 2. The predicted octanol–water partition coefficient (Wildman–Crippen LogP) is 4.77. The molecular weight excluding hydrogens is 391 g/mol. The molecule has 5 aromatic rings. The van der Waals surface area contributed by atoms with Crippen molar-refractivity contribution in [1.82, 2.24) is 30.5 Å². The summed E-state index contributed by atoms with van der Waals surface area (Å²) < 4.78 is 14.4. The number of benzene rings is 1. The van der Waals surface area contributed by atoms with Crippen LogP contribution in [0.25, 0.3) is 44.3 Å². The first-order valence-corrected chi connectivity index (χ1v) is 10.5. The number of pyridine rings is 2.